The fourth-order valence-electron chi connectivity index (χ4n) is 5.99. The predicted octanol–water partition coefficient (Wildman–Crippen LogP) is 5.94. The molecule has 0 radical (unpaired) electrons. The second-order valence-electron chi connectivity index (χ2n) is 10.1. The second kappa shape index (κ2) is 7.22. The quantitative estimate of drug-likeness (QED) is 0.661. The van der Waals surface area contributed by atoms with Crippen LogP contribution in [0.25, 0.3) is 11.1 Å². The minimum absolute atomic E-state index is 0.0630. The van der Waals surface area contributed by atoms with Crippen molar-refractivity contribution in [3.05, 3.63) is 76.4 Å². The third kappa shape index (κ3) is 2.98. The summed E-state index contributed by atoms with van der Waals surface area (Å²) in [5.74, 6) is 0.235. The summed E-state index contributed by atoms with van der Waals surface area (Å²) < 4.78 is 0. The number of azo groups is 1. The van der Waals surface area contributed by atoms with Crippen LogP contribution in [0.3, 0.4) is 0 Å². The summed E-state index contributed by atoms with van der Waals surface area (Å²) in [7, 11) is 0. The van der Waals surface area contributed by atoms with Crippen molar-refractivity contribution in [2.24, 2.45) is 15.6 Å². The maximum Gasteiger partial charge on any atom is 0.164 e. The second-order valence-corrected chi connectivity index (χ2v) is 10.1. The Morgan fingerprint density at radius 2 is 1.88 bits per heavy atom. The zero-order valence-corrected chi connectivity index (χ0v) is 19.5. The number of aromatic nitrogens is 1. The topological polar surface area (TPSA) is 66.7 Å². The third-order valence-electron chi connectivity index (χ3n) is 7.28. The summed E-state index contributed by atoms with van der Waals surface area (Å²) in [4.78, 5) is 18.0. The number of pyridine rings is 1. The SMILES string of the molecule is CCC1(c2cccc(-c3c(C)cncc3C)c2)C2=CN=NC2NC2=C1C(=O)CC(C)(C)C2. The fourth-order valence-corrected chi connectivity index (χ4v) is 5.99. The standard InChI is InChI=1S/C27H30N4O/c1-6-27(19-9-7-8-18(10-19)23-16(2)13-28-14-17(23)3)20-15-29-31-25(20)30-21-11-26(4,5)12-22(32)24(21)27/h7-10,13-15,25,30H,6,11-12H2,1-5H3. The van der Waals surface area contributed by atoms with E-state index in [0.29, 0.717) is 6.42 Å². The molecule has 3 aliphatic rings. The first-order valence-electron chi connectivity index (χ1n) is 11.4. The van der Waals surface area contributed by atoms with Gasteiger partial charge in [0.15, 0.2) is 11.9 Å². The third-order valence-corrected chi connectivity index (χ3v) is 7.28. The van der Waals surface area contributed by atoms with Crippen molar-refractivity contribution in [2.75, 3.05) is 0 Å². The minimum Gasteiger partial charge on any atom is -0.362 e. The van der Waals surface area contributed by atoms with Gasteiger partial charge in [-0.25, -0.2) is 0 Å². The summed E-state index contributed by atoms with van der Waals surface area (Å²) >= 11 is 0. The van der Waals surface area contributed by atoms with Crippen LogP contribution in [0.15, 0.2) is 69.9 Å². The van der Waals surface area contributed by atoms with E-state index in [1.54, 1.807) is 0 Å². The van der Waals surface area contributed by atoms with Crippen molar-refractivity contribution in [1.82, 2.24) is 10.3 Å². The molecular formula is C27H30N4O. The largest absolute Gasteiger partial charge is 0.362 e. The summed E-state index contributed by atoms with van der Waals surface area (Å²) in [5.41, 5.74) is 8.24. The number of aryl methyl sites for hydroxylation is 2. The van der Waals surface area contributed by atoms with E-state index in [4.69, 9.17) is 0 Å². The molecule has 2 aliphatic heterocycles. The zero-order valence-electron chi connectivity index (χ0n) is 19.5. The highest BCUT2D eigenvalue weighted by Crippen LogP contribution is 2.54. The van der Waals surface area contributed by atoms with Crippen molar-refractivity contribution in [1.29, 1.82) is 0 Å². The molecule has 2 aromatic rings. The van der Waals surface area contributed by atoms with Crippen LogP contribution >= 0.6 is 0 Å². The molecule has 1 N–H and O–H groups in total. The lowest BCUT2D eigenvalue weighted by molar-refractivity contribution is -0.119. The van der Waals surface area contributed by atoms with E-state index in [1.165, 1.54) is 5.56 Å². The molecule has 5 nitrogen and oxygen atoms in total. The molecule has 2 unspecified atom stereocenters. The van der Waals surface area contributed by atoms with Gasteiger partial charge in [0.2, 0.25) is 0 Å². The Bertz CT molecular complexity index is 1200. The van der Waals surface area contributed by atoms with E-state index in [-0.39, 0.29) is 17.4 Å². The Labute approximate surface area is 189 Å². The van der Waals surface area contributed by atoms with Crippen LogP contribution in [0.1, 0.15) is 56.7 Å². The smallest absolute Gasteiger partial charge is 0.164 e. The molecule has 2 atom stereocenters. The first-order valence-corrected chi connectivity index (χ1v) is 11.4. The lowest BCUT2D eigenvalue weighted by atomic mass is 9.58. The summed E-state index contributed by atoms with van der Waals surface area (Å²) in [5, 5.41) is 12.3. The highest BCUT2D eigenvalue weighted by Gasteiger charge is 2.52. The number of rotatable bonds is 3. The Hall–Kier alpha value is -3.08. The number of fused-ring (bicyclic) bond motifs is 1. The van der Waals surface area contributed by atoms with Crippen LogP contribution in [-0.4, -0.2) is 16.9 Å². The Morgan fingerprint density at radius 1 is 1.12 bits per heavy atom. The number of allylic oxidation sites excluding steroid dienone is 2. The Kier molecular flexibility index (Phi) is 4.70. The lowest BCUT2D eigenvalue weighted by Gasteiger charge is -2.47. The van der Waals surface area contributed by atoms with Crippen molar-refractivity contribution in [3.63, 3.8) is 0 Å². The summed E-state index contributed by atoms with van der Waals surface area (Å²) in [6, 6.07) is 8.69. The van der Waals surface area contributed by atoms with E-state index in [1.807, 2.05) is 18.6 Å². The molecule has 0 saturated carbocycles. The van der Waals surface area contributed by atoms with E-state index < -0.39 is 5.41 Å². The number of benzene rings is 1. The van der Waals surface area contributed by atoms with Gasteiger partial charge in [0, 0.05) is 35.7 Å². The van der Waals surface area contributed by atoms with Gasteiger partial charge in [-0.2, -0.15) is 10.2 Å². The molecule has 0 saturated heterocycles. The van der Waals surface area contributed by atoms with E-state index in [2.05, 4.69) is 79.4 Å². The number of Topliss-reactive ketones (excluding diaryl/α,β-unsaturated/α-hetero) is 1. The molecule has 5 heteroatoms. The van der Waals surface area contributed by atoms with E-state index in [0.717, 1.165) is 51.9 Å². The van der Waals surface area contributed by atoms with E-state index in [9.17, 15) is 4.79 Å². The molecule has 0 fully saturated rings. The molecule has 3 heterocycles. The number of nitrogens with zero attached hydrogens (tertiary/aromatic N) is 3. The highest BCUT2D eigenvalue weighted by atomic mass is 16.1. The van der Waals surface area contributed by atoms with Crippen molar-refractivity contribution in [2.45, 2.75) is 65.5 Å². The van der Waals surface area contributed by atoms with E-state index >= 15 is 0 Å². The minimum atomic E-state index is -0.521. The van der Waals surface area contributed by atoms with Gasteiger partial charge in [-0.3, -0.25) is 9.78 Å². The van der Waals surface area contributed by atoms with Crippen LogP contribution < -0.4 is 5.32 Å². The molecular weight excluding hydrogens is 396 g/mol. The maximum atomic E-state index is 13.6. The molecule has 32 heavy (non-hydrogen) atoms. The molecule has 1 aliphatic carbocycles. The molecule has 1 aromatic carbocycles. The van der Waals surface area contributed by atoms with Crippen LogP contribution in [-0.2, 0) is 10.2 Å². The van der Waals surface area contributed by atoms with Gasteiger partial charge < -0.3 is 5.32 Å². The number of carbonyl (C=O) groups is 1. The highest BCUT2D eigenvalue weighted by molar-refractivity contribution is 6.01. The number of hydrogen-bond acceptors (Lipinski definition) is 5. The average molecular weight is 427 g/mol. The van der Waals surface area contributed by atoms with Gasteiger partial charge in [0.1, 0.15) is 0 Å². The first-order chi connectivity index (χ1) is 15.3. The van der Waals surface area contributed by atoms with Gasteiger partial charge in [-0.05, 0) is 66.0 Å². The average Bonchev–Trinajstić information content (AvgIpc) is 3.20. The van der Waals surface area contributed by atoms with Crippen LogP contribution in [0, 0.1) is 19.3 Å². The van der Waals surface area contributed by atoms with Gasteiger partial charge in [0.05, 0.1) is 11.6 Å². The number of hydrogen-bond donors (Lipinski definition) is 1. The maximum absolute atomic E-state index is 13.6. The number of ketones is 1. The number of nitrogens with one attached hydrogen (secondary N) is 1. The van der Waals surface area contributed by atoms with Gasteiger partial charge in [-0.15, -0.1) is 0 Å². The molecule has 0 amide bonds. The van der Waals surface area contributed by atoms with Gasteiger partial charge in [0.25, 0.3) is 0 Å². The molecule has 164 valence electrons. The Morgan fingerprint density at radius 3 is 2.59 bits per heavy atom. The molecule has 1 aromatic heterocycles. The van der Waals surface area contributed by atoms with Crippen molar-refractivity contribution < 1.29 is 4.79 Å². The molecule has 0 bridgehead atoms. The Balaban J connectivity index is 1.76. The van der Waals surface area contributed by atoms with Gasteiger partial charge >= 0.3 is 0 Å². The van der Waals surface area contributed by atoms with Crippen LogP contribution in [0.5, 0.6) is 0 Å². The normalized spacial score (nSPS) is 25.8. The van der Waals surface area contributed by atoms with Gasteiger partial charge in [-0.1, -0.05) is 39.0 Å². The van der Waals surface area contributed by atoms with Crippen LogP contribution in [0.4, 0.5) is 0 Å². The van der Waals surface area contributed by atoms with Crippen molar-refractivity contribution >= 4 is 5.78 Å². The summed E-state index contributed by atoms with van der Waals surface area (Å²) in [6.07, 6.45) is 7.67. The van der Waals surface area contributed by atoms with Crippen LogP contribution in [0.2, 0.25) is 0 Å². The molecule has 0 spiro atoms. The van der Waals surface area contributed by atoms with Crippen molar-refractivity contribution in [3.8, 4) is 11.1 Å². The zero-order chi connectivity index (χ0) is 22.7. The number of carbonyl (C=O) groups excluding carboxylic acids is 1. The first kappa shape index (κ1) is 20.8. The fraction of sp³-hybridized carbons (Fsp3) is 0.407. The summed E-state index contributed by atoms with van der Waals surface area (Å²) in [6.45, 7) is 10.7. The predicted molar refractivity (Wildman–Crippen MR) is 126 cm³/mol. The molecule has 5 rings (SSSR count). The monoisotopic (exact) mass is 426 g/mol. The lowest BCUT2D eigenvalue weighted by Crippen LogP contribution is -2.51.